The Labute approximate surface area is 337 Å². The molecule has 0 bridgehead atoms. The molecule has 5 heteroatoms. The summed E-state index contributed by atoms with van der Waals surface area (Å²) in [5.41, 5.74) is -1.02. The van der Waals surface area contributed by atoms with Crippen LogP contribution in [0.2, 0.25) is 0 Å². The van der Waals surface area contributed by atoms with E-state index < -0.39 is 11.2 Å². The zero-order valence-corrected chi connectivity index (χ0v) is 39.5. The van der Waals surface area contributed by atoms with Gasteiger partial charge in [-0.15, -0.1) is 11.8 Å². The lowest BCUT2D eigenvalue weighted by Crippen LogP contribution is -2.42. The molecule has 0 radical (unpaired) electrons. The van der Waals surface area contributed by atoms with Gasteiger partial charge in [-0.3, -0.25) is 9.59 Å². The minimum absolute atomic E-state index is 0.136. The van der Waals surface area contributed by atoms with E-state index in [1.165, 1.54) is 89.9 Å². The van der Waals surface area contributed by atoms with Crippen molar-refractivity contribution in [2.45, 2.75) is 260 Å². The molecule has 0 spiro atoms. The third-order valence-corrected chi connectivity index (χ3v) is 12.9. The Kier molecular flexibility index (Phi) is 25.9. The number of carbonyl (C=O) groups excluding carboxylic acids is 2. The highest BCUT2D eigenvalue weighted by atomic mass is 32.2. The zero-order valence-electron chi connectivity index (χ0n) is 38.6. The molecule has 0 fully saturated rings. The van der Waals surface area contributed by atoms with Crippen molar-refractivity contribution in [2.75, 3.05) is 0 Å². The SMILES string of the molecule is CC(=O)OC(C)(CCCC(C)CCCC(C)CCCC(C)C)CC(C)(C)SC(C)(C)CC(C)(CCCC(C)CCCC(C)CCCC(C)C)OC(C)=O. The summed E-state index contributed by atoms with van der Waals surface area (Å²) >= 11 is 1.95. The van der Waals surface area contributed by atoms with Gasteiger partial charge < -0.3 is 9.47 Å². The molecular weight excluding hydrogens is 673 g/mol. The quantitative estimate of drug-likeness (QED) is 0.0638. The van der Waals surface area contributed by atoms with Crippen molar-refractivity contribution in [2.24, 2.45) is 35.5 Å². The number of carbonyl (C=O) groups is 2. The molecule has 0 rings (SSSR count). The van der Waals surface area contributed by atoms with Gasteiger partial charge in [0, 0.05) is 36.2 Å². The predicted octanol–water partition coefficient (Wildman–Crippen LogP) is 15.6. The molecule has 0 aliphatic heterocycles. The largest absolute Gasteiger partial charge is 0.460 e. The molecule has 0 amide bonds. The van der Waals surface area contributed by atoms with Gasteiger partial charge in [0.05, 0.1) is 0 Å². The second kappa shape index (κ2) is 26.3. The number of esters is 2. The first-order valence-corrected chi connectivity index (χ1v) is 23.3. The molecule has 53 heavy (non-hydrogen) atoms. The molecule has 0 aliphatic rings. The highest BCUT2D eigenvalue weighted by Gasteiger charge is 2.42. The predicted molar refractivity (Wildman–Crippen MR) is 235 cm³/mol. The van der Waals surface area contributed by atoms with Crippen LogP contribution in [0.4, 0.5) is 0 Å². The molecule has 0 aliphatic carbocycles. The van der Waals surface area contributed by atoms with Gasteiger partial charge in [0.2, 0.25) is 0 Å². The zero-order chi connectivity index (χ0) is 40.9. The van der Waals surface area contributed by atoms with Gasteiger partial charge in [0.15, 0.2) is 0 Å². The normalized spacial score (nSPS) is 17.2. The third-order valence-electron chi connectivity index (χ3n) is 11.5. The second-order valence-corrected chi connectivity index (χ2v) is 23.2. The van der Waals surface area contributed by atoms with Gasteiger partial charge >= 0.3 is 11.9 Å². The molecule has 316 valence electrons. The van der Waals surface area contributed by atoms with Crippen LogP contribution in [-0.2, 0) is 19.1 Å². The number of hydrogen-bond acceptors (Lipinski definition) is 5. The molecule has 4 nitrogen and oxygen atoms in total. The standard InChI is InChI=1S/C48H94O4S/c1-37(2)23-17-25-39(5)27-19-29-41(7)31-21-33-47(15,51-43(9)49)35-45(11,12)53-46(13,14)36-48(16,52-44(10)50)34-22-32-42(8)30-20-28-40(6)26-18-24-38(3)4/h37-42H,17-36H2,1-16H3. The summed E-state index contributed by atoms with van der Waals surface area (Å²) in [6.07, 6.45) is 23.8. The van der Waals surface area contributed by atoms with E-state index >= 15 is 0 Å². The number of thioether (sulfide) groups is 1. The van der Waals surface area contributed by atoms with Crippen molar-refractivity contribution in [3.8, 4) is 0 Å². The fourth-order valence-electron chi connectivity index (χ4n) is 9.27. The fraction of sp³-hybridized carbons (Fsp3) is 0.958. The lowest BCUT2D eigenvalue weighted by Gasteiger charge is -2.43. The van der Waals surface area contributed by atoms with Gasteiger partial charge in [0.1, 0.15) is 11.2 Å². The second-order valence-electron chi connectivity index (χ2n) is 20.8. The molecule has 0 saturated carbocycles. The van der Waals surface area contributed by atoms with Crippen LogP contribution in [0.1, 0.15) is 239 Å². The maximum absolute atomic E-state index is 12.4. The summed E-state index contributed by atoms with van der Waals surface area (Å²) in [5.74, 6) is 4.26. The highest BCUT2D eigenvalue weighted by Crippen LogP contribution is 2.47. The average Bonchev–Trinajstić information content (AvgIpc) is 2.94. The summed E-state index contributed by atoms with van der Waals surface area (Å²) in [5, 5.41) is 0. The lowest BCUT2D eigenvalue weighted by atomic mass is 9.86. The maximum Gasteiger partial charge on any atom is 0.303 e. The first kappa shape index (κ1) is 52.3. The minimum Gasteiger partial charge on any atom is -0.460 e. The fourth-order valence-corrected chi connectivity index (χ4v) is 11.5. The molecule has 0 heterocycles. The van der Waals surface area contributed by atoms with Crippen LogP contribution < -0.4 is 0 Å². The molecule has 6 atom stereocenters. The van der Waals surface area contributed by atoms with Crippen LogP contribution in [0.3, 0.4) is 0 Å². The van der Waals surface area contributed by atoms with Crippen LogP contribution in [0.25, 0.3) is 0 Å². The summed E-state index contributed by atoms with van der Waals surface area (Å²) < 4.78 is 11.9. The van der Waals surface area contributed by atoms with E-state index in [1.54, 1.807) is 13.8 Å². The number of ether oxygens (including phenoxy) is 2. The molecule has 0 aromatic rings. The Morgan fingerprint density at radius 2 is 0.679 bits per heavy atom. The average molecular weight is 767 g/mol. The molecule has 0 aromatic heterocycles. The van der Waals surface area contributed by atoms with E-state index in [-0.39, 0.29) is 21.4 Å². The summed E-state index contributed by atoms with van der Waals surface area (Å²) in [6, 6.07) is 0. The summed E-state index contributed by atoms with van der Waals surface area (Å²) in [4.78, 5) is 24.7. The van der Waals surface area contributed by atoms with Crippen LogP contribution >= 0.6 is 11.8 Å². The van der Waals surface area contributed by atoms with E-state index in [0.717, 1.165) is 62.2 Å². The van der Waals surface area contributed by atoms with Crippen LogP contribution in [-0.4, -0.2) is 32.6 Å². The monoisotopic (exact) mass is 767 g/mol. The Morgan fingerprint density at radius 3 is 0.925 bits per heavy atom. The van der Waals surface area contributed by atoms with E-state index in [4.69, 9.17) is 9.47 Å². The third kappa shape index (κ3) is 29.2. The van der Waals surface area contributed by atoms with Crippen LogP contribution in [0.15, 0.2) is 0 Å². The van der Waals surface area contributed by atoms with Crippen molar-refractivity contribution in [1.82, 2.24) is 0 Å². The molecule has 0 N–H and O–H groups in total. The van der Waals surface area contributed by atoms with Gasteiger partial charge in [-0.05, 0) is 75.0 Å². The lowest BCUT2D eigenvalue weighted by molar-refractivity contribution is -0.158. The van der Waals surface area contributed by atoms with Crippen molar-refractivity contribution >= 4 is 23.7 Å². The molecule has 6 unspecified atom stereocenters. The van der Waals surface area contributed by atoms with Crippen molar-refractivity contribution in [3.05, 3.63) is 0 Å². The molecule has 0 aromatic carbocycles. The van der Waals surface area contributed by atoms with Crippen molar-refractivity contribution < 1.29 is 19.1 Å². The van der Waals surface area contributed by atoms with E-state index in [1.807, 2.05) is 11.8 Å². The van der Waals surface area contributed by atoms with Crippen LogP contribution in [0, 0.1) is 35.5 Å². The van der Waals surface area contributed by atoms with Crippen molar-refractivity contribution in [3.63, 3.8) is 0 Å². The van der Waals surface area contributed by atoms with Gasteiger partial charge in [-0.25, -0.2) is 0 Å². The summed E-state index contributed by atoms with van der Waals surface area (Å²) in [6.45, 7) is 35.5. The maximum atomic E-state index is 12.4. The van der Waals surface area contributed by atoms with E-state index in [0.29, 0.717) is 11.8 Å². The Morgan fingerprint density at radius 1 is 0.434 bits per heavy atom. The molecule has 0 saturated heterocycles. The first-order valence-electron chi connectivity index (χ1n) is 22.5. The smallest absolute Gasteiger partial charge is 0.303 e. The highest BCUT2D eigenvalue weighted by molar-refractivity contribution is 8.01. The first-order chi connectivity index (χ1) is 24.4. The van der Waals surface area contributed by atoms with Gasteiger partial charge in [0.25, 0.3) is 0 Å². The topological polar surface area (TPSA) is 52.6 Å². The van der Waals surface area contributed by atoms with Gasteiger partial charge in [-0.2, -0.15) is 0 Å². The minimum atomic E-state index is -0.510. The van der Waals surface area contributed by atoms with E-state index in [2.05, 4.69) is 96.9 Å². The number of hydrogen-bond donors (Lipinski definition) is 0. The Bertz CT molecular complexity index is 897. The van der Waals surface area contributed by atoms with Gasteiger partial charge in [-0.1, -0.05) is 173 Å². The molecular formula is C48H94O4S. The number of rotatable bonds is 32. The van der Waals surface area contributed by atoms with Crippen molar-refractivity contribution in [1.29, 1.82) is 0 Å². The Hall–Kier alpha value is -0.710. The Balaban J connectivity index is 5.12. The van der Waals surface area contributed by atoms with Crippen LogP contribution in [0.5, 0.6) is 0 Å². The van der Waals surface area contributed by atoms with E-state index in [9.17, 15) is 9.59 Å². The summed E-state index contributed by atoms with van der Waals surface area (Å²) in [7, 11) is 0.